The first-order valence-electron chi connectivity index (χ1n) is 5.20. The number of nitrogens with one attached hydrogen (secondary N) is 2. The van der Waals surface area contributed by atoms with Crippen LogP contribution in [-0.2, 0) is 0 Å². The van der Waals surface area contributed by atoms with Crippen molar-refractivity contribution in [1.29, 1.82) is 0 Å². The van der Waals surface area contributed by atoms with Gasteiger partial charge >= 0.3 is 0 Å². The number of rotatable bonds is 4. The predicted molar refractivity (Wildman–Crippen MR) is 64.1 cm³/mol. The highest BCUT2D eigenvalue weighted by molar-refractivity contribution is 5.65. The van der Waals surface area contributed by atoms with Gasteiger partial charge in [0.1, 0.15) is 12.0 Å². The van der Waals surface area contributed by atoms with Gasteiger partial charge in [0.2, 0.25) is 5.88 Å². The van der Waals surface area contributed by atoms with E-state index >= 15 is 0 Å². The fourth-order valence-corrected chi connectivity index (χ4v) is 0.977. The van der Waals surface area contributed by atoms with Crippen molar-refractivity contribution in [2.75, 3.05) is 17.8 Å². The molecule has 1 aromatic heterocycles. The van der Waals surface area contributed by atoms with Crippen molar-refractivity contribution in [3.05, 3.63) is 6.33 Å². The average Bonchev–Trinajstić information content (AvgIpc) is 2.18. The van der Waals surface area contributed by atoms with E-state index in [1.807, 2.05) is 27.7 Å². The molecule has 0 spiro atoms. The zero-order chi connectivity index (χ0) is 12.2. The van der Waals surface area contributed by atoms with Crippen molar-refractivity contribution in [3.8, 4) is 5.88 Å². The molecule has 16 heavy (non-hydrogen) atoms. The summed E-state index contributed by atoms with van der Waals surface area (Å²) in [6.45, 7) is 8.48. The lowest BCUT2D eigenvalue weighted by molar-refractivity contribution is 0.328. The molecule has 0 aliphatic carbocycles. The summed E-state index contributed by atoms with van der Waals surface area (Å²) in [5.74, 6) is 0.920. The van der Waals surface area contributed by atoms with Crippen LogP contribution in [0.15, 0.2) is 6.33 Å². The largest absolute Gasteiger partial charge is 0.476 e. The summed E-state index contributed by atoms with van der Waals surface area (Å²) in [6, 6.07) is 0. The molecule has 0 amide bonds. The minimum absolute atomic E-state index is 0.0802. The zero-order valence-corrected chi connectivity index (χ0v) is 10.2. The van der Waals surface area contributed by atoms with E-state index < -0.39 is 0 Å². The highest BCUT2D eigenvalue weighted by atomic mass is 16.5. The van der Waals surface area contributed by atoms with Crippen LogP contribution in [0.5, 0.6) is 5.88 Å². The van der Waals surface area contributed by atoms with Gasteiger partial charge in [-0.25, -0.2) is 10.4 Å². The van der Waals surface area contributed by atoms with Crippen LogP contribution >= 0.6 is 0 Å². The van der Waals surface area contributed by atoms with Gasteiger partial charge in [0.15, 0.2) is 5.82 Å². The predicted octanol–water partition coefficient (Wildman–Crippen LogP) is 1.17. The van der Waals surface area contributed by atoms with Crippen LogP contribution in [0.4, 0.5) is 11.5 Å². The summed E-state index contributed by atoms with van der Waals surface area (Å²) >= 11 is 0. The first kappa shape index (κ1) is 12.5. The molecule has 0 aromatic carbocycles. The molecule has 0 bridgehead atoms. The number of nitrogens with zero attached hydrogens (tertiary/aromatic N) is 2. The molecule has 6 heteroatoms. The standard InChI is InChI=1S/C10H19N5O/c1-5-16-9-7(11)8(12-6-13-9)14-15-10(2,3)4/h6,15H,5,11H2,1-4H3,(H,12,13,14). The van der Waals surface area contributed by atoms with Crippen LogP contribution in [0.25, 0.3) is 0 Å². The molecule has 0 unspecified atom stereocenters. The van der Waals surface area contributed by atoms with E-state index in [2.05, 4.69) is 20.8 Å². The Kier molecular flexibility index (Phi) is 3.89. The Morgan fingerprint density at radius 2 is 2.06 bits per heavy atom. The van der Waals surface area contributed by atoms with Crippen molar-refractivity contribution in [3.63, 3.8) is 0 Å². The van der Waals surface area contributed by atoms with Crippen LogP contribution in [0.1, 0.15) is 27.7 Å². The van der Waals surface area contributed by atoms with E-state index in [9.17, 15) is 0 Å². The van der Waals surface area contributed by atoms with Gasteiger partial charge in [-0.3, -0.25) is 0 Å². The van der Waals surface area contributed by atoms with Crippen LogP contribution in [0.3, 0.4) is 0 Å². The van der Waals surface area contributed by atoms with Gasteiger partial charge in [-0.15, -0.1) is 0 Å². The smallest absolute Gasteiger partial charge is 0.242 e. The lowest BCUT2D eigenvalue weighted by atomic mass is 10.1. The first-order chi connectivity index (χ1) is 7.44. The van der Waals surface area contributed by atoms with Gasteiger partial charge < -0.3 is 15.9 Å². The molecule has 1 aromatic rings. The molecular formula is C10H19N5O. The second-order valence-electron chi connectivity index (χ2n) is 4.37. The van der Waals surface area contributed by atoms with Crippen molar-refractivity contribution in [2.24, 2.45) is 0 Å². The number of ether oxygens (including phenoxy) is 1. The summed E-state index contributed by atoms with van der Waals surface area (Å²) in [5, 5.41) is 0. The van der Waals surface area contributed by atoms with Crippen molar-refractivity contribution >= 4 is 11.5 Å². The molecule has 0 atom stereocenters. The zero-order valence-electron chi connectivity index (χ0n) is 10.2. The summed E-state index contributed by atoms with van der Waals surface area (Å²) < 4.78 is 5.27. The number of aromatic nitrogens is 2. The molecule has 1 rings (SSSR count). The molecule has 1 heterocycles. The van der Waals surface area contributed by atoms with Gasteiger partial charge in [0.25, 0.3) is 0 Å². The Morgan fingerprint density at radius 3 is 2.62 bits per heavy atom. The van der Waals surface area contributed by atoms with Crippen molar-refractivity contribution < 1.29 is 4.74 Å². The van der Waals surface area contributed by atoms with E-state index in [0.717, 1.165) is 0 Å². The molecular weight excluding hydrogens is 206 g/mol. The van der Waals surface area contributed by atoms with E-state index in [4.69, 9.17) is 10.5 Å². The summed E-state index contributed by atoms with van der Waals surface area (Å²) in [4.78, 5) is 7.98. The van der Waals surface area contributed by atoms with E-state index in [1.165, 1.54) is 6.33 Å². The van der Waals surface area contributed by atoms with Crippen LogP contribution in [-0.4, -0.2) is 22.1 Å². The molecule has 4 N–H and O–H groups in total. The lowest BCUT2D eigenvalue weighted by Gasteiger charge is -2.22. The number of nitrogens with two attached hydrogens (primary N) is 1. The molecule has 0 radical (unpaired) electrons. The topological polar surface area (TPSA) is 85.1 Å². The van der Waals surface area contributed by atoms with E-state index in [-0.39, 0.29) is 5.54 Å². The fraction of sp³-hybridized carbons (Fsp3) is 0.600. The second kappa shape index (κ2) is 4.98. The van der Waals surface area contributed by atoms with Gasteiger partial charge in [0, 0.05) is 5.54 Å². The molecule has 0 saturated carbocycles. The van der Waals surface area contributed by atoms with Gasteiger partial charge in [-0.2, -0.15) is 4.98 Å². The SMILES string of the molecule is CCOc1ncnc(NNC(C)(C)C)c1N. The maximum absolute atomic E-state index is 5.85. The molecule has 0 aliphatic heterocycles. The van der Waals surface area contributed by atoms with Crippen molar-refractivity contribution in [2.45, 2.75) is 33.2 Å². The second-order valence-corrected chi connectivity index (χ2v) is 4.37. The van der Waals surface area contributed by atoms with Crippen LogP contribution in [0.2, 0.25) is 0 Å². The third-order valence-electron chi connectivity index (χ3n) is 1.68. The summed E-state index contributed by atoms with van der Waals surface area (Å²) in [7, 11) is 0. The van der Waals surface area contributed by atoms with Crippen LogP contribution < -0.4 is 21.3 Å². The number of hydrogen-bond donors (Lipinski definition) is 3. The van der Waals surface area contributed by atoms with Crippen molar-refractivity contribution in [1.82, 2.24) is 15.4 Å². The quantitative estimate of drug-likeness (QED) is 0.667. The number of hydrogen-bond acceptors (Lipinski definition) is 6. The molecule has 6 nitrogen and oxygen atoms in total. The molecule has 0 aliphatic rings. The minimum Gasteiger partial charge on any atom is -0.476 e. The Balaban J connectivity index is 2.77. The number of anilines is 2. The first-order valence-corrected chi connectivity index (χ1v) is 5.20. The maximum atomic E-state index is 5.85. The van der Waals surface area contributed by atoms with E-state index in [0.29, 0.717) is 24.0 Å². The monoisotopic (exact) mass is 225 g/mol. The normalized spacial score (nSPS) is 11.2. The third kappa shape index (κ3) is 3.54. The van der Waals surface area contributed by atoms with E-state index in [1.54, 1.807) is 0 Å². The van der Waals surface area contributed by atoms with Gasteiger partial charge in [-0.1, -0.05) is 0 Å². The summed E-state index contributed by atoms with van der Waals surface area (Å²) in [5.41, 5.74) is 12.2. The number of hydrazine groups is 1. The Bertz CT molecular complexity index is 348. The Labute approximate surface area is 95.6 Å². The Morgan fingerprint density at radius 1 is 1.38 bits per heavy atom. The van der Waals surface area contributed by atoms with Gasteiger partial charge in [0.05, 0.1) is 6.61 Å². The maximum Gasteiger partial charge on any atom is 0.242 e. The minimum atomic E-state index is -0.0802. The highest BCUT2D eigenvalue weighted by Crippen LogP contribution is 2.23. The third-order valence-corrected chi connectivity index (χ3v) is 1.68. The highest BCUT2D eigenvalue weighted by Gasteiger charge is 2.12. The fourth-order valence-electron chi connectivity index (χ4n) is 0.977. The molecule has 0 saturated heterocycles. The van der Waals surface area contributed by atoms with Gasteiger partial charge in [-0.05, 0) is 27.7 Å². The average molecular weight is 225 g/mol. The number of nitrogen functional groups attached to an aromatic ring is 1. The van der Waals surface area contributed by atoms with Crippen LogP contribution in [0, 0.1) is 0 Å². The Hall–Kier alpha value is -1.56. The molecule has 90 valence electrons. The lowest BCUT2D eigenvalue weighted by Crippen LogP contribution is -2.40. The molecule has 0 fully saturated rings. The summed E-state index contributed by atoms with van der Waals surface area (Å²) in [6.07, 6.45) is 1.41.